The van der Waals surface area contributed by atoms with E-state index < -0.39 is 0 Å². The van der Waals surface area contributed by atoms with Gasteiger partial charge in [0.25, 0.3) is 0 Å². The van der Waals surface area contributed by atoms with E-state index in [4.69, 9.17) is 10.5 Å². The van der Waals surface area contributed by atoms with Crippen molar-refractivity contribution < 1.29 is 4.74 Å². The molecule has 0 aliphatic carbocycles. The van der Waals surface area contributed by atoms with Crippen molar-refractivity contribution in [2.24, 2.45) is 5.73 Å². The number of nitrogens with zero attached hydrogens (tertiary/aromatic N) is 2. The average Bonchev–Trinajstić information content (AvgIpc) is 2.39. The number of aromatic nitrogens is 2. The van der Waals surface area contributed by atoms with Gasteiger partial charge in [-0.25, -0.2) is 0 Å². The monoisotopic (exact) mass is 215 g/mol. The quantitative estimate of drug-likeness (QED) is 0.845. The fourth-order valence-electron chi connectivity index (χ4n) is 1.45. The van der Waals surface area contributed by atoms with Crippen LogP contribution >= 0.6 is 0 Å². The van der Waals surface area contributed by atoms with E-state index in [2.05, 4.69) is 9.97 Å². The lowest BCUT2D eigenvalue weighted by Crippen LogP contribution is -1.97. The number of rotatable bonds is 3. The molecule has 4 heteroatoms. The summed E-state index contributed by atoms with van der Waals surface area (Å²) in [4.78, 5) is 8.24. The Balaban J connectivity index is 2.41. The zero-order valence-corrected chi connectivity index (χ0v) is 9.05. The molecule has 0 amide bonds. The predicted octanol–water partition coefficient (Wildman–Crippen LogP) is 1.61. The molecular weight excluding hydrogens is 202 g/mol. The molecule has 0 atom stereocenters. The first-order valence-electron chi connectivity index (χ1n) is 4.97. The Labute approximate surface area is 94.1 Å². The molecule has 4 nitrogen and oxygen atoms in total. The molecule has 0 spiro atoms. The molecule has 2 heterocycles. The summed E-state index contributed by atoms with van der Waals surface area (Å²) in [5.41, 5.74) is 8.54. The minimum atomic E-state index is 0.484. The van der Waals surface area contributed by atoms with Crippen molar-refractivity contribution in [1.29, 1.82) is 0 Å². The van der Waals surface area contributed by atoms with E-state index in [1.807, 2.05) is 12.1 Å². The zero-order valence-electron chi connectivity index (χ0n) is 9.05. The molecule has 0 fully saturated rings. The van der Waals surface area contributed by atoms with Gasteiger partial charge in [0.15, 0.2) is 0 Å². The maximum atomic E-state index is 5.57. The Morgan fingerprint density at radius 2 is 1.75 bits per heavy atom. The fourth-order valence-corrected chi connectivity index (χ4v) is 1.45. The molecule has 0 bridgehead atoms. The number of hydrogen-bond donors (Lipinski definition) is 1. The smallest absolute Gasteiger partial charge is 0.137 e. The van der Waals surface area contributed by atoms with Gasteiger partial charge in [0, 0.05) is 36.3 Å². The third-order valence-corrected chi connectivity index (χ3v) is 2.31. The minimum Gasteiger partial charge on any atom is -0.495 e. The summed E-state index contributed by atoms with van der Waals surface area (Å²) in [7, 11) is 1.62. The van der Waals surface area contributed by atoms with Gasteiger partial charge in [-0.1, -0.05) is 0 Å². The molecule has 2 rings (SSSR count). The highest BCUT2D eigenvalue weighted by Gasteiger charge is 2.01. The first-order chi connectivity index (χ1) is 7.83. The van der Waals surface area contributed by atoms with Gasteiger partial charge in [0.05, 0.1) is 13.3 Å². The lowest BCUT2D eigenvalue weighted by atomic mass is 10.1. The standard InChI is InChI=1S/C12H13N3O/c1-16-12-3-11(7-15-8-12)10-2-9(4-13)5-14-6-10/h2-3,5-8H,4,13H2,1H3. The molecule has 82 valence electrons. The highest BCUT2D eigenvalue weighted by molar-refractivity contribution is 5.63. The Bertz CT molecular complexity index is 440. The van der Waals surface area contributed by atoms with E-state index in [0.29, 0.717) is 6.54 Å². The van der Waals surface area contributed by atoms with E-state index in [-0.39, 0.29) is 0 Å². The molecular formula is C12H13N3O. The summed E-state index contributed by atoms with van der Waals surface area (Å²) >= 11 is 0. The molecule has 0 saturated heterocycles. The molecule has 16 heavy (non-hydrogen) atoms. The number of nitrogens with two attached hydrogens (primary N) is 1. The summed E-state index contributed by atoms with van der Waals surface area (Å²) < 4.78 is 5.13. The van der Waals surface area contributed by atoms with Gasteiger partial charge in [-0.05, 0) is 17.7 Å². The number of pyridine rings is 2. The van der Waals surface area contributed by atoms with Gasteiger partial charge in [-0.2, -0.15) is 0 Å². The van der Waals surface area contributed by atoms with Crippen molar-refractivity contribution in [2.75, 3.05) is 7.11 Å². The fraction of sp³-hybridized carbons (Fsp3) is 0.167. The highest BCUT2D eigenvalue weighted by atomic mass is 16.5. The molecule has 0 aromatic carbocycles. The molecule has 2 aromatic rings. The van der Waals surface area contributed by atoms with Crippen molar-refractivity contribution in [1.82, 2.24) is 9.97 Å². The van der Waals surface area contributed by atoms with Crippen LogP contribution in [0.1, 0.15) is 5.56 Å². The highest BCUT2D eigenvalue weighted by Crippen LogP contribution is 2.22. The number of hydrogen-bond acceptors (Lipinski definition) is 4. The third kappa shape index (κ3) is 2.17. The van der Waals surface area contributed by atoms with Gasteiger partial charge in [-0.15, -0.1) is 0 Å². The van der Waals surface area contributed by atoms with Crippen LogP contribution in [0.3, 0.4) is 0 Å². The van der Waals surface area contributed by atoms with Gasteiger partial charge >= 0.3 is 0 Å². The van der Waals surface area contributed by atoms with Crippen LogP contribution in [-0.2, 0) is 6.54 Å². The maximum Gasteiger partial charge on any atom is 0.137 e. The molecule has 0 aliphatic rings. The van der Waals surface area contributed by atoms with E-state index >= 15 is 0 Å². The molecule has 0 radical (unpaired) electrons. The molecule has 2 N–H and O–H groups in total. The van der Waals surface area contributed by atoms with Crippen LogP contribution in [-0.4, -0.2) is 17.1 Å². The van der Waals surface area contributed by atoms with Crippen LogP contribution in [0.2, 0.25) is 0 Å². The van der Waals surface area contributed by atoms with Gasteiger partial charge in [-0.3, -0.25) is 9.97 Å². The summed E-state index contributed by atoms with van der Waals surface area (Å²) in [6.07, 6.45) is 7.00. The largest absolute Gasteiger partial charge is 0.495 e. The van der Waals surface area contributed by atoms with Crippen molar-refractivity contribution in [3.63, 3.8) is 0 Å². The average molecular weight is 215 g/mol. The summed E-state index contributed by atoms with van der Waals surface area (Å²) in [6, 6.07) is 3.92. The molecule has 0 unspecified atom stereocenters. The molecule has 0 aliphatic heterocycles. The van der Waals surface area contributed by atoms with Crippen molar-refractivity contribution in [3.8, 4) is 16.9 Å². The summed E-state index contributed by atoms with van der Waals surface area (Å²) in [5, 5.41) is 0. The van der Waals surface area contributed by atoms with Gasteiger partial charge in [0.2, 0.25) is 0 Å². The van der Waals surface area contributed by atoms with Crippen molar-refractivity contribution in [2.45, 2.75) is 6.54 Å². The molecule has 0 saturated carbocycles. The van der Waals surface area contributed by atoms with Crippen LogP contribution in [0.15, 0.2) is 36.9 Å². The Hall–Kier alpha value is -1.94. The van der Waals surface area contributed by atoms with Crippen molar-refractivity contribution >= 4 is 0 Å². The summed E-state index contributed by atoms with van der Waals surface area (Å²) in [6.45, 7) is 0.484. The topological polar surface area (TPSA) is 61.0 Å². The van der Waals surface area contributed by atoms with E-state index in [1.54, 1.807) is 31.9 Å². The number of ether oxygens (including phenoxy) is 1. The Morgan fingerprint density at radius 1 is 1.06 bits per heavy atom. The second-order valence-electron chi connectivity index (χ2n) is 3.40. The van der Waals surface area contributed by atoms with Gasteiger partial charge < -0.3 is 10.5 Å². The Kier molecular flexibility index (Phi) is 3.12. The van der Waals surface area contributed by atoms with Crippen LogP contribution in [0, 0.1) is 0 Å². The summed E-state index contributed by atoms with van der Waals surface area (Å²) in [5.74, 6) is 0.732. The van der Waals surface area contributed by atoms with E-state index in [9.17, 15) is 0 Å². The SMILES string of the molecule is COc1cncc(-c2cncc(CN)c2)c1. The van der Waals surface area contributed by atoms with Crippen molar-refractivity contribution in [3.05, 3.63) is 42.5 Å². The van der Waals surface area contributed by atoms with Crippen LogP contribution in [0.25, 0.3) is 11.1 Å². The minimum absolute atomic E-state index is 0.484. The second kappa shape index (κ2) is 4.72. The van der Waals surface area contributed by atoms with Crippen LogP contribution in [0.4, 0.5) is 0 Å². The van der Waals surface area contributed by atoms with E-state index in [1.165, 1.54) is 0 Å². The predicted molar refractivity (Wildman–Crippen MR) is 61.9 cm³/mol. The molecule has 2 aromatic heterocycles. The zero-order chi connectivity index (χ0) is 11.4. The van der Waals surface area contributed by atoms with E-state index in [0.717, 1.165) is 22.4 Å². The Morgan fingerprint density at radius 3 is 2.44 bits per heavy atom. The van der Waals surface area contributed by atoms with Crippen LogP contribution < -0.4 is 10.5 Å². The second-order valence-corrected chi connectivity index (χ2v) is 3.40. The first kappa shape index (κ1) is 10.6. The normalized spacial score (nSPS) is 10.1. The lowest BCUT2D eigenvalue weighted by molar-refractivity contribution is 0.413. The van der Waals surface area contributed by atoms with Crippen LogP contribution in [0.5, 0.6) is 5.75 Å². The lowest BCUT2D eigenvalue weighted by Gasteiger charge is -2.04. The number of methoxy groups -OCH3 is 1. The maximum absolute atomic E-state index is 5.57. The first-order valence-corrected chi connectivity index (χ1v) is 4.97. The van der Waals surface area contributed by atoms with Gasteiger partial charge in [0.1, 0.15) is 5.75 Å². The third-order valence-electron chi connectivity index (χ3n) is 2.31.